The lowest BCUT2D eigenvalue weighted by molar-refractivity contribution is 0.371. The van der Waals surface area contributed by atoms with Crippen LogP contribution in [0.4, 0.5) is 14.7 Å². The third kappa shape index (κ3) is 2.06. The zero-order chi connectivity index (χ0) is 14.3. The highest BCUT2D eigenvalue weighted by molar-refractivity contribution is 7.99. The van der Waals surface area contributed by atoms with E-state index in [9.17, 15) is 8.78 Å². The normalized spacial score (nSPS) is 23.4. The molecule has 2 N–H and O–H groups in total. The average Bonchev–Trinajstić information content (AvgIpc) is 2.80. The smallest absolute Gasteiger partial charge is 0.201 e. The van der Waals surface area contributed by atoms with Gasteiger partial charge >= 0.3 is 0 Å². The Morgan fingerprint density at radius 3 is 2.80 bits per heavy atom. The van der Waals surface area contributed by atoms with E-state index >= 15 is 0 Å². The molecule has 0 aliphatic heterocycles. The fourth-order valence-electron chi connectivity index (χ4n) is 3.12. The van der Waals surface area contributed by atoms with E-state index in [1.54, 1.807) is 16.3 Å². The molecule has 2 aromatic rings. The van der Waals surface area contributed by atoms with Gasteiger partial charge in [-0.15, -0.1) is 0 Å². The Bertz CT molecular complexity index is 641. The number of nitrogen functional groups attached to an aromatic ring is 1. The second-order valence-electron chi connectivity index (χ2n) is 5.20. The number of nitrogens with zero attached hydrogens (tertiary/aromatic N) is 2. The number of rotatable bonds is 2. The van der Waals surface area contributed by atoms with E-state index in [0.717, 1.165) is 25.3 Å². The van der Waals surface area contributed by atoms with Gasteiger partial charge in [0.1, 0.15) is 5.52 Å². The van der Waals surface area contributed by atoms with Crippen molar-refractivity contribution in [3.05, 3.63) is 23.8 Å². The van der Waals surface area contributed by atoms with Crippen molar-refractivity contribution >= 4 is 28.7 Å². The molecule has 0 radical (unpaired) electrons. The zero-order valence-corrected chi connectivity index (χ0v) is 12.1. The average molecular weight is 297 g/mol. The molecule has 0 amide bonds. The Balaban J connectivity index is 2.19. The van der Waals surface area contributed by atoms with Crippen LogP contribution in [0.1, 0.15) is 31.7 Å². The van der Waals surface area contributed by atoms with E-state index in [0.29, 0.717) is 10.8 Å². The fourth-order valence-corrected chi connectivity index (χ4v) is 4.10. The third-order valence-corrected chi connectivity index (χ3v) is 5.23. The van der Waals surface area contributed by atoms with Crippen molar-refractivity contribution in [1.82, 2.24) is 9.55 Å². The van der Waals surface area contributed by atoms with Crippen LogP contribution in [0.2, 0.25) is 0 Å². The number of anilines is 1. The highest BCUT2D eigenvalue weighted by Gasteiger charge is 2.30. The Hall–Kier alpha value is -1.30. The second-order valence-corrected chi connectivity index (χ2v) is 6.27. The summed E-state index contributed by atoms with van der Waals surface area (Å²) >= 11 is 1.76. The predicted octanol–water partition coefficient (Wildman–Crippen LogP) is 3.74. The molecular weight excluding hydrogens is 280 g/mol. The molecule has 1 aromatic heterocycles. The van der Waals surface area contributed by atoms with Gasteiger partial charge in [-0.3, -0.25) is 0 Å². The molecule has 0 bridgehead atoms. The largest absolute Gasteiger partial charge is 0.369 e. The van der Waals surface area contributed by atoms with Crippen LogP contribution in [0.3, 0.4) is 0 Å². The molecule has 2 atom stereocenters. The first kappa shape index (κ1) is 13.7. The minimum atomic E-state index is -0.852. The molecule has 0 spiro atoms. The topological polar surface area (TPSA) is 43.8 Å². The van der Waals surface area contributed by atoms with Gasteiger partial charge in [-0.25, -0.2) is 13.8 Å². The Morgan fingerprint density at radius 2 is 2.05 bits per heavy atom. The third-order valence-electron chi connectivity index (χ3n) is 4.07. The van der Waals surface area contributed by atoms with Gasteiger partial charge < -0.3 is 10.3 Å². The minimum Gasteiger partial charge on any atom is -0.369 e. The maximum absolute atomic E-state index is 14.2. The number of thioether (sulfide) groups is 1. The number of aromatic nitrogens is 2. The first-order chi connectivity index (χ1) is 9.63. The number of hydrogen-bond acceptors (Lipinski definition) is 3. The van der Waals surface area contributed by atoms with Gasteiger partial charge in [-0.05, 0) is 31.2 Å². The lowest BCUT2D eigenvalue weighted by atomic mass is 9.94. The first-order valence-electron chi connectivity index (χ1n) is 6.77. The van der Waals surface area contributed by atoms with Crippen molar-refractivity contribution < 1.29 is 8.78 Å². The molecule has 1 heterocycles. The van der Waals surface area contributed by atoms with Gasteiger partial charge in [-0.2, -0.15) is 11.8 Å². The lowest BCUT2D eigenvalue weighted by Gasteiger charge is -2.32. The first-order valence-corrected chi connectivity index (χ1v) is 8.06. The standard InChI is InChI=1S/C14H17F2N3S/c1-20-11-5-3-2-4-10(11)19-13-9(18-14(19)17)7-6-8(15)12(13)16/h6-7,10-11H,2-5H2,1H3,(H2,17,18). The van der Waals surface area contributed by atoms with E-state index < -0.39 is 11.6 Å². The van der Waals surface area contributed by atoms with Gasteiger partial charge in [0.25, 0.3) is 0 Å². The number of nitrogens with two attached hydrogens (primary N) is 1. The summed E-state index contributed by atoms with van der Waals surface area (Å²) in [7, 11) is 0. The van der Waals surface area contributed by atoms with Crippen LogP contribution < -0.4 is 5.73 Å². The number of fused-ring (bicyclic) bond motifs is 1. The SMILES string of the molecule is CSC1CCCCC1n1c(N)nc2ccc(F)c(F)c21. The summed E-state index contributed by atoms with van der Waals surface area (Å²) in [5.74, 6) is -1.43. The van der Waals surface area contributed by atoms with E-state index in [-0.39, 0.29) is 17.5 Å². The van der Waals surface area contributed by atoms with Crippen LogP contribution in [0, 0.1) is 11.6 Å². The molecule has 108 valence electrons. The molecule has 2 unspecified atom stereocenters. The summed E-state index contributed by atoms with van der Waals surface area (Å²) in [5.41, 5.74) is 6.60. The second kappa shape index (κ2) is 5.24. The van der Waals surface area contributed by atoms with E-state index in [1.807, 2.05) is 0 Å². The minimum absolute atomic E-state index is 0.0834. The van der Waals surface area contributed by atoms with Crippen LogP contribution in [0.25, 0.3) is 11.0 Å². The highest BCUT2D eigenvalue weighted by atomic mass is 32.2. The quantitative estimate of drug-likeness (QED) is 0.918. The molecule has 20 heavy (non-hydrogen) atoms. The van der Waals surface area contributed by atoms with E-state index in [2.05, 4.69) is 11.2 Å². The molecule has 0 saturated heterocycles. The predicted molar refractivity (Wildman–Crippen MR) is 78.9 cm³/mol. The molecule has 1 aliphatic rings. The molecule has 1 aromatic carbocycles. The molecule has 3 nitrogen and oxygen atoms in total. The molecule has 1 saturated carbocycles. The van der Waals surface area contributed by atoms with Crippen LogP contribution in [-0.2, 0) is 0 Å². The summed E-state index contributed by atoms with van der Waals surface area (Å²) < 4.78 is 29.4. The maximum atomic E-state index is 14.2. The van der Waals surface area contributed by atoms with Crippen molar-refractivity contribution in [2.45, 2.75) is 37.0 Å². The number of hydrogen-bond donors (Lipinski definition) is 1. The van der Waals surface area contributed by atoms with Crippen LogP contribution in [-0.4, -0.2) is 21.1 Å². The fraction of sp³-hybridized carbons (Fsp3) is 0.500. The molecule has 1 aliphatic carbocycles. The number of imidazole rings is 1. The van der Waals surface area contributed by atoms with Crippen molar-refractivity contribution in [3.63, 3.8) is 0 Å². The van der Waals surface area contributed by atoms with Gasteiger partial charge in [0, 0.05) is 11.3 Å². The molecule has 1 fully saturated rings. The van der Waals surface area contributed by atoms with Crippen LogP contribution >= 0.6 is 11.8 Å². The van der Waals surface area contributed by atoms with E-state index in [4.69, 9.17) is 5.73 Å². The van der Waals surface area contributed by atoms with Crippen molar-refractivity contribution in [2.75, 3.05) is 12.0 Å². The number of halogens is 2. The Morgan fingerprint density at radius 1 is 1.30 bits per heavy atom. The van der Waals surface area contributed by atoms with Crippen LogP contribution in [0.15, 0.2) is 12.1 Å². The summed E-state index contributed by atoms with van der Waals surface area (Å²) in [6.07, 6.45) is 6.30. The maximum Gasteiger partial charge on any atom is 0.201 e. The van der Waals surface area contributed by atoms with Gasteiger partial charge in [0.2, 0.25) is 5.95 Å². The molecule has 6 heteroatoms. The Labute approximate surface area is 120 Å². The van der Waals surface area contributed by atoms with Crippen molar-refractivity contribution in [3.8, 4) is 0 Å². The van der Waals surface area contributed by atoms with Gasteiger partial charge in [0.15, 0.2) is 11.6 Å². The van der Waals surface area contributed by atoms with E-state index in [1.165, 1.54) is 12.5 Å². The zero-order valence-electron chi connectivity index (χ0n) is 11.3. The van der Waals surface area contributed by atoms with Gasteiger partial charge in [-0.1, -0.05) is 12.8 Å². The monoisotopic (exact) mass is 297 g/mol. The molecular formula is C14H17F2N3S. The Kier molecular flexibility index (Phi) is 3.58. The number of benzene rings is 1. The van der Waals surface area contributed by atoms with Crippen molar-refractivity contribution in [2.24, 2.45) is 0 Å². The summed E-state index contributed by atoms with van der Waals surface area (Å²) in [5, 5.41) is 0.367. The van der Waals surface area contributed by atoms with Gasteiger partial charge in [0.05, 0.1) is 5.52 Å². The molecule has 3 rings (SSSR count). The highest BCUT2D eigenvalue weighted by Crippen LogP contribution is 2.39. The summed E-state index contributed by atoms with van der Waals surface area (Å²) in [4.78, 5) is 4.18. The van der Waals surface area contributed by atoms with Crippen molar-refractivity contribution in [1.29, 1.82) is 0 Å². The van der Waals surface area contributed by atoms with Crippen LogP contribution in [0.5, 0.6) is 0 Å². The summed E-state index contributed by atoms with van der Waals surface area (Å²) in [6.45, 7) is 0. The lowest BCUT2D eigenvalue weighted by Crippen LogP contribution is -2.26. The summed E-state index contributed by atoms with van der Waals surface area (Å²) in [6, 6.07) is 2.67.